The van der Waals surface area contributed by atoms with Crippen molar-refractivity contribution in [3.63, 3.8) is 0 Å². The molecule has 0 spiro atoms. The molecule has 0 amide bonds. The molecule has 0 radical (unpaired) electrons. The normalized spacial score (nSPS) is 17.7. The number of fused-ring (bicyclic) bond motifs is 3. The SMILES string of the molecule is CCN1CCCc2[nH]c3ccccc3c2CC1. The van der Waals surface area contributed by atoms with E-state index in [4.69, 9.17) is 0 Å². The van der Waals surface area contributed by atoms with Gasteiger partial charge in [-0.25, -0.2) is 0 Å². The number of nitrogens with zero attached hydrogens (tertiary/aromatic N) is 1. The number of aromatic amines is 1. The van der Waals surface area contributed by atoms with Gasteiger partial charge >= 0.3 is 0 Å². The van der Waals surface area contributed by atoms with Crippen LogP contribution in [0.2, 0.25) is 0 Å². The van der Waals surface area contributed by atoms with Crippen LogP contribution in [-0.4, -0.2) is 29.5 Å². The van der Waals surface area contributed by atoms with Gasteiger partial charge in [0.1, 0.15) is 0 Å². The van der Waals surface area contributed by atoms with Crippen LogP contribution >= 0.6 is 0 Å². The van der Waals surface area contributed by atoms with Crippen molar-refractivity contribution in [1.82, 2.24) is 9.88 Å². The molecule has 1 aromatic carbocycles. The summed E-state index contributed by atoms with van der Waals surface area (Å²) in [6, 6.07) is 8.71. The number of para-hydroxylation sites is 1. The lowest BCUT2D eigenvalue weighted by Gasteiger charge is -2.22. The standard InChI is InChI=1S/C15H20N2/c1-2-17-10-5-8-15-13(9-11-17)12-6-3-4-7-14(12)16-15/h3-4,6-7,16H,2,5,8-11H2,1H3. The zero-order valence-corrected chi connectivity index (χ0v) is 10.5. The molecule has 0 unspecified atom stereocenters. The first-order chi connectivity index (χ1) is 8.38. The molecule has 1 N–H and O–H groups in total. The monoisotopic (exact) mass is 228 g/mol. The van der Waals surface area contributed by atoms with Crippen LogP contribution in [0.25, 0.3) is 10.9 Å². The molecule has 0 bridgehead atoms. The molecule has 90 valence electrons. The van der Waals surface area contributed by atoms with Crippen molar-refractivity contribution in [3.8, 4) is 0 Å². The molecule has 3 rings (SSSR count). The van der Waals surface area contributed by atoms with Gasteiger partial charge in [-0.1, -0.05) is 25.1 Å². The lowest BCUT2D eigenvalue weighted by molar-refractivity contribution is 0.283. The largest absolute Gasteiger partial charge is 0.358 e. The lowest BCUT2D eigenvalue weighted by atomic mass is 10.0. The number of aryl methyl sites for hydroxylation is 1. The highest BCUT2D eigenvalue weighted by atomic mass is 15.1. The minimum absolute atomic E-state index is 1.18. The molecule has 0 aliphatic carbocycles. The predicted molar refractivity (Wildman–Crippen MR) is 72.4 cm³/mol. The second-order valence-corrected chi connectivity index (χ2v) is 4.92. The summed E-state index contributed by atoms with van der Waals surface area (Å²) in [5.41, 5.74) is 4.34. The number of likely N-dealkylation sites (N-methyl/N-ethyl adjacent to an activating group) is 1. The van der Waals surface area contributed by atoms with E-state index >= 15 is 0 Å². The van der Waals surface area contributed by atoms with Crippen LogP contribution in [0.3, 0.4) is 0 Å². The highest BCUT2D eigenvalue weighted by Crippen LogP contribution is 2.25. The zero-order valence-electron chi connectivity index (χ0n) is 10.5. The Morgan fingerprint density at radius 2 is 2.06 bits per heavy atom. The number of H-pyrrole nitrogens is 1. The summed E-state index contributed by atoms with van der Waals surface area (Å²) < 4.78 is 0. The quantitative estimate of drug-likeness (QED) is 0.795. The minimum Gasteiger partial charge on any atom is -0.358 e. The van der Waals surface area contributed by atoms with E-state index in [2.05, 4.69) is 41.1 Å². The molecule has 1 aromatic heterocycles. The average Bonchev–Trinajstić information content (AvgIpc) is 2.67. The van der Waals surface area contributed by atoms with E-state index in [1.165, 1.54) is 55.5 Å². The molecule has 2 heteroatoms. The maximum Gasteiger partial charge on any atom is 0.0458 e. The number of nitrogens with one attached hydrogen (secondary N) is 1. The van der Waals surface area contributed by atoms with E-state index in [1.807, 2.05) is 0 Å². The van der Waals surface area contributed by atoms with Crippen molar-refractivity contribution in [2.45, 2.75) is 26.2 Å². The molecule has 0 fully saturated rings. The molecule has 0 atom stereocenters. The molecule has 2 heterocycles. The van der Waals surface area contributed by atoms with Crippen molar-refractivity contribution >= 4 is 10.9 Å². The van der Waals surface area contributed by atoms with E-state index in [-0.39, 0.29) is 0 Å². The van der Waals surface area contributed by atoms with E-state index < -0.39 is 0 Å². The third kappa shape index (κ3) is 1.98. The van der Waals surface area contributed by atoms with Crippen LogP contribution in [0.1, 0.15) is 24.6 Å². The molecular formula is C15H20N2. The number of benzene rings is 1. The van der Waals surface area contributed by atoms with Gasteiger partial charge in [0.25, 0.3) is 0 Å². The number of hydrogen-bond donors (Lipinski definition) is 1. The van der Waals surface area contributed by atoms with E-state index in [9.17, 15) is 0 Å². The third-order valence-corrected chi connectivity index (χ3v) is 3.93. The van der Waals surface area contributed by atoms with Crippen LogP contribution in [0.4, 0.5) is 0 Å². The Bertz CT molecular complexity index is 513. The summed E-state index contributed by atoms with van der Waals surface area (Å²) in [4.78, 5) is 6.16. The van der Waals surface area contributed by atoms with Gasteiger partial charge in [-0.15, -0.1) is 0 Å². The number of hydrogen-bond acceptors (Lipinski definition) is 1. The maximum atomic E-state index is 3.60. The molecule has 2 nitrogen and oxygen atoms in total. The van der Waals surface area contributed by atoms with Crippen molar-refractivity contribution in [2.24, 2.45) is 0 Å². The van der Waals surface area contributed by atoms with Gasteiger partial charge in [0.15, 0.2) is 0 Å². The summed E-state index contributed by atoms with van der Waals surface area (Å²) in [5.74, 6) is 0. The molecule has 17 heavy (non-hydrogen) atoms. The molecular weight excluding hydrogens is 208 g/mol. The fourth-order valence-corrected chi connectivity index (χ4v) is 2.93. The van der Waals surface area contributed by atoms with Crippen molar-refractivity contribution in [3.05, 3.63) is 35.5 Å². The minimum atomic E-state index is 1.18. The summed E-state index contributed by atoms with van der Waals surface area (Å²) in [7, 11) is 0. The zero-order chi connectivity index (χ0) is 11.7. The van der Waals surface area contributed by atoms with E-state index in [0.717, 1.165) is 0 Å². The number of rotatable bonds is 1. The van der Waals surface area contributed by atoms with Gasteiger partial charge in [-0.2, -0.15) is 0 Å². The summed E-state index contributed by atoms with van der Waals surface area (Å²) in [6.45, 7) is 5.88. The Balaban J connectivity index is 2.00. The molecule has 2 aromatic rings. The van der Waals surface area contributed by atoms with Crippen LogP contribution in [0.15, 0.2) is 24.3 Å². The van der Waals surface area contributed by atoms with Crippen LogP contribution in [0, 0.1) is 0 Å². The highest BCUT2D eigenvalue weighted by molar-refractivity contribution is 5.84. The fraction of sp³-hybridized carbons (Fsp3) is 0.467. The van der Waals surface area contributed by atoms with Gasteiger partial charge < -0.3 is 9.88 Å². The van der Waals surface area contributed by atoms with Crippen molar-refractivity contribution in [2.75, 3.05) is 19.6 Å². The Kier molecular flexibility index (Phi) is 2.89. The number of aromatic nitrogens is 1. The smallest absolute Gasteiger partial charge is 0.0458 e. The highest BCUT2D eigenvalue weighted by Gasteiger charge is 2.15. The second kappa shape index (κ2) is 4.53. The van der Waals surface area contributed by atoms with Gasteiger partial charge in [0, 0.05) is 23.1 Å². The van der Waals surface area contributed by atoms with Crippen LogP contribution in [0.5, 0.6) is 0 Å². The van der Waals surface area contributed by atoms with Gasteiger partial charge in [0.05, 0.1) is 0 Å². The molecule has 1 aliphatic heterocycles. The first kappa shape index (κ1) is 10.8. The van der Waals surface area contributed by atoms with Gasteiger partial charge in [0.2, 0.25) is 0 Å². The Morgan fingerprint density at radius 3 is 2.94 bits per heavy atom. The van der Waals surface area contributed by atoms with Crippen LogP contribution in [-0.2, 0) is 12.8 Å². The summed E-state index contributed by atoms with van der Waals surface area (Å²) in [5, 5.41) is 1.43. The summed E-state index contributed by atoms with van der Waals surface area (Å²) >= 11 is 0. The van der Waals surface area contributed by atoms with Crippen LogP contribution < -0.4 is 0 Å². The first-order valence-electron chi connectivity index (χ1n) is 6.69. The van der Waals surface area contributed by atoms with Crippen molar-refractivity contribution in [1.29, 1.82) is 0 Å². The second-order valence-electron chi connectivity index (χ2n) is 4.92. The predicted octanol–water partition coefficient (Wildman–Crippen LogP) is 2.98. The topological polar surface area (TPSA) is 19.0 Å². The average molecular weight is 228 g/mol. The Labute approximate surface area is 103 Å². The fourth-order valence-electron chi connectivity index (χ4n) is 2.93. The Hall–Kier alpha value is -1.28. The van der Waals surface area contributed by atoms with Crippen molar-refractivity contribution < 1.29 is 0 Å². The van der Waals surface area contributed by atoms with Gasteiger partial charge in [-0.3, -0.25) is 0 Å². The maximum absolute atomic E-state index is 3.60. The third-order valence-electron chi connectivity index (χ3n) is 3.93. The Morgan fingerprint density at radius 1 is 1.18 bits per heavy atom. The molecule has 0 saturated carbocycles. The summed E-state index contributed by atoms with van der Waals surface area (Å²) in [6.07, 6.45) is 3.65. The molecule has 1 aliphatic rings. The van der Waals surface area contributed by atoms with E-state index in [1.54, 1.807) is 5.56 Å². The molecule has 0 saturated heterocycles. The lowest BCUT2D eigenvalue weighted by Crippen LogP contribution is -2.29. The first-order valence-corrected chi connectivity index (χ1v) is 6.69. The van der Waals surface area contributed by atoms with E-state index in [0.29, 0.717) is 0 Å². The van der Waals surface area contributed by atoms with Gasteiger partial charge in [-0.05, 0) is 44.0 Å².